The number of hydrogen-bond donors (Lipinski definition) is 2. The Balaban J connectivity index is 1.41. The summed E-state index contributed by atoms with van der Waals surface area (Å²) < 4.78 is 11.5. The molecule has 1 atom stereocenters. The summed E-state index contributed by atoms with van der Waals surface area (Å²) in [7, 11) is 2.11. The molecule has 0 aliphatic carbocycles. The number of nitrogens with one attached hydrogen (secondary N) is 2. The number of thiophene rings is 1. The quantitative estimate of drug-likeness (QED) is 0.454. The minimum atomic E-state index is -0.952. The molecular formula is C26H28ClN3O4S. The van der Waals surface area contributed by atoms with Gasteiger partial charge in [0, 0.05) is 18.8 Å². The number of amides is 2. The third-order valence-electron chi connectivity index (χ3n) is 5.75. The van der Waals surface area contributed by atoms with Crippen molar-refractivity contribution in [3.63, 3.8) is 0 Å². The first-order valence-corrected chi connectivity index (χ1v) is 12.6. The monoisotopic (exact) mass is 513 g/mol. The lowest BCUT2D eigenvalue weighted by Gasteiger charge is -2.19. The molecule has 9 heteroatoms. The number of anilines is 1. The maximum Gasteiger partial charge on any atom is 0.414 e. The molecule has 0 bridgehead atoms. The van der Waals surface area contributed by atoms with Crippen LogP contribution in [0.5, 0.6) is 5.06 Å². The largest absolute Gasteiger partial charge is 0.414 e. The first-order valence-electron chi connectivity index (χ1n) is 11.4. The van der Waals surface area contributed by atoms with Gasteiger partial charge in [0.1, 0.15) is 6.04 Å². The standard InChI is InChI=1S/C26H28ClN3O4S/c1-30-13-11-19-7-8-21(15-20(19)12-14-30)28-25(31)22(17-33-16-18-5-3-2-4-6-18)29-26(32)34-24-10-9-23(27)35-24/h2-10,15,22H,11-14,16-17H2,1H3,(H,28,31)(H,29,32)/t22-/m1/s1. The maximum absolute atomic E-state index is 13.1. The van der Waals surface area contributed by atoms with E-state index in [2.05, 4.69) is 28.6 Å². The zero-order valence-electron chi connectivity index (χ0n) is 19.5. The van der Waals surface area contributed by atoms with Crippen LogP contribution in [0.15, 0.2) is 60.7 Å². The summed E-state index contributed by atoms with van der Waals surface area (Å²) in [6.07, 6.45) is 1.15. The Labute approximate surface area is 214 Å². The molecule has 2 amide bonds. The molecule has 4 rings (SSSR count). The maximum atomic E-state index is 13.1. The first kappa shape index (κ1) is 25.2. The Morgan fingerprint density at radius 3 is 2.57 bits per heavy atom. The molecule has 0 fully saturated rings. The van der Waals surface area contributed by atoms with Crippen molar-refractivity contribution in [1.29, 1.82) is 0 Å². The van der Waals surface area contributed by atoms with Crippen LogP contribution in [0.4, 0.5) is 10.5 Å². The van der Waals surface area contributed by atoms with E-state index in [1.54, 1.807) is 12.1 Å². The van der Waals surface area contributed by atoms with Gasteiger partial charge in [-0.05, 0) is 60.8 Å². The summed E-state index contributed by atoms with van der Waals surface area (Å²) >= 11 is 7.04. The van der Waals surface area contributed by atoms with Crippen molar-refractivity contribution >= 4 is 40.6 Å². The summed E-state index contributed by atoms with van der Waals surface area (Å²) in [5.74, 6) is -0.384. The normalized spacial score (nSPS) is 14.5. The van der Waals surface area contributed by atoms with Gasteiger partial charge in [0.2, 0.25) is 5.91 Å². The highest BCUT2D eigenvalue weighted by atomic mass is 35.5. The van der Waals surface area contributed by atoms with Crippen LogP contribution in [0.25, 0.3) is 0 Å². The van der Waals surface area contributed by atoms with E-state index >= 15 is 0 Å². The van der Waals surface area contributed by atoms with E-state index in [9.17, 15) is 9.59 Å². The van der Waals surface area contributed by atoms with Gasteiger partial charge in [0.05, 0.1) is 17.6 Å². The third-order valence-corrected chi connectivity index (χ3v) is 6.86. The van der Waals surface area contributed by atoms with Crippen molar-refractivity contribution in [2.45, 2.75) is 25.5 Å². The van der Waals surface area contributed by atoms with E-state index in [1.807, 2.05) is 42.5 Å². The fourth-order valence-corrected chi connectivity index (χ4v) is 4.68. The lowest BCUT2D eigenvalue weighted by atomic mass is 10.0. The molecule has 2 aromatic carbocycles. The highest BCUT2D eigenvalue weighted by Gasteiger charge is 2.23. The molecule has 2 N–H and O–H groups in total. The zero-order valence-corrected chi connectivity index (χ0v) is 21.0. The topological polar surface area (TPSA) is 79.9 Å². The molecule has 7 nitrogen and oxygen atoms in total. The van der Waals surface area contributed by atoms with Gasteiger partial charge in [-0.3, -0.25) is 4.79 Å². The summed E-state index contributed by atoms with van der Waals surface area (Å²) in [6.45, 7) is 2.28. The molecule has 3 aromatic rings. The molecule has 35 heavy (non-hydrogen) atoms. The molecule has 0 spiro atoms. The minimum Gasteiger partial charge on any atom is -0.399 e. The highest BCUT2D eigenvalue weighted by molar-refractivity contribution is 7.17. The van der Waals surface area contributed by atoms with Gasteiger partial charge in [-0.25, -0.2) is 4.79 Å². The molecule has 0 saturated heterocycles. The smallest absolute Gasteiger partial charge is 0.399 e. The average Bonchev–Trinajstić information content (AvgIpc) is 3.16. The van der Waals surface area contributed by atoms with Crippen LogP contribution in [0.3, 0.4) is 0 Å². The summed E-state index contributed by atoms with van der Waals surface area (Å²) in [6, 6.07) is 17.9. The molecule has 0 saturated carbocycles. The summed E-state index contributed by atoms with van der Waals surface area (Å²) in [5.41, 5.74) is 4.18. The van der Waals surface area contributed by atoms with Crippen molar-refractivity contribution in [2.24, 2.45) is 0 Å². The Kier molecular flexibility index (Phi) is 8.76. The molecule has 184 valence electrons. The second-order valence-corrected chi connectivity index (χ2v) is 10.1. The number of carbonyl (C=O) groups excluding carboxylic acids is 2. The average molecular weight is 514 g/mol. The van der Waals surface area contributed by atoms with E-state index < -0.39 is 12.1 Å². The van der Waals surface area contributed by atoms with E-state index in [0.29, 0.717) is 21.7 Å². The van der Waals surface area contributed by atoms with Crippen LogP contribution in [0, 0.1) is 0 Å². The number of benzene rings is 2. The molecular weight excluding hydrogens is 486 g/mol. The van der Waals surface area contributed by atoms with Crippen LogP contribution in [0.2, 0.25) is 4.34 Å². The molecule has 0 unspecified atom stereocenters. The number of halogens is 1. The number of fused-ring (bicyclic) bond motifs is 1. The van der Waals surface area contributed by atoms with Crippen LogP contribution in [-0.4, -0.2) is 49.7 Å². The van der Waals surface area contributed by atoms with Gasteiger partial charge in [0.15, 0.2) is 5.06 Å². The fraction of sp³-hybridized carbons (Fsp3) is 0.308. The number of likely N-dealkylation sites (N-methyl/N-ethyl adjacent to an activating group) is 1. The van der Waals surface area contributed by atoms with Crippen LogP contribution >= 0.6 is 22.9 Å². The van der Waals surface area contributed by atoms with Crippen molar-refractivity contribution < 1.29 is 19.1 Å². The third kappa shape index (κ3) is 7.53. The Morgan fingerprint density at radius 2 is 1.83 bits per heavy atom. The van der Waals surface area contributed by atoms with Gasteiger partial charge < -0.3 is 25.0 Å². The molecule has 2 heterocycles. The predicted molar refractivity (Wildman–Crippen MR) is 138 cm³/mol. The predicted octanol–water partition coefficient (Wildman–Crippen LogP) is 4.74. The van der Waals surface area contributed by atoms with Gasteiger partial charge in [-0.15, -0.1) is 0 Å². The second-order valence-electron chi connectivity index (χ2n) is 8.42. The Morgan fingerprint density at radius 1 is 1.06 bits per heavy atom. The fourth-order valence-electron chi connectivity index (χ4n) is 3.81. The second kappa shape index (κ2) is 12.2. The van der Waals surface area contributed by atoms with Crippen molar-refractivity contribution in [2.75, 3.05) is 32.1 Å². The molecule has 0 radical (unpaired) electrons. The van der Waals surface area contributed by atoms with E-state index in [4.69, 9.17) is 21.1 Å². The SMILES string of the molecule is CN1CCc2ccc(NC(=O)[C@@H](COCc3ccccc3)NC(=O)Oc3ccc(Cl)s3)cc2CC1. The van der Waals surface area contributed by atoms with Crippen LogP contribution in [-0.2, 0) is 29.0 Å². The Bertz CT molecular complexity index is 1150. The zero-order chi connectivity index (χ0) is 24.6. The van der Waals surface area contributed by atoms with E-state index in [-0.39, 0.29) is 12.5 Å². The number of carbonyl (C=O) groups is 2. The van der Waals surface area contributed by atoms with E-state index in [1.165, 1.54) is 11.1 Å². The van der Waals surface area contributed by atoms with Gasteiger partial charge in [-0.2, -0.15) is 0 Å². The molecule has 1 aliphatic rings. The van der Waals surface area contributed by atoms with Crippen molar-refractivity contribution in [3.05, 3.63) is 81.7 Å². The number of ether oxygens (including phenoxy) is 2. The van der Waals surface area contributed by atoms with Crippen LogP contribution in [0.1, 0.15) is 16.7 Å². The Hall–Kier alpha value is -2.91. The first-order chi connectivity index (χ1) is 17.0. The highest BCUT2D eigenvalue weighted by Crippen LogP contribution is 2.28. The number of nitrogens with zero attached hydrogens (tertiary/aromatic N) is 1. The van der Waals surface area contributed by atoms with Gasteiger partial charge in [0.25, 0.3) is 0 Å². The molecule has 1 aromatic heterocycles. The number of hydrogen-bond acceptors (Lipinski definition) is 6. The lowest BCUT2D eigenvalue weighted by molar-refractivity contribution is -0.119. The molecule has 1 aliphatic heterocycles. The van der Waals surface area contributed by atoms with Gasteiger partial charge >= 0.3 is 6.09 Å². The summed E-state index contributed by atoms with van der Waals surface area (Å²) in [5, 5.41) is 5.88. The summed E-state index contributed by atoms with van der Waals surface area (Å²) in [4.78, 5) is 27.9. The van der Waals surface area contributed by atoms with Gasteiger partial charge in [-0.1, -0.05) is 59.3 Å². The van der Waals surface area contributed by atoms with Crippen LogP contribution < -0.4 is 15.4 Å². The lowest BCUT2D eigenvalue weighted by Crippen LogP contribution is -2.47. The van der Waals surface area contributed by atoms with Crippen molar-refractivity contribution in [3.8, 4) is 5.06 Å². The number of rotatable bonds is 8. The van der Waals surface area contributed by atoms with E-state index in [0.717, 1.165) is 42.8 Å². The minimum absolute atomic E-state index is 0.0171. The van der Waals surface area contributed by atoms with Crippen molar-refractivity contribution in [1.82, 2.24) is 10.2 Å².